The molecular weight excluding hydrogens is 1270 g/mol. The van der Waals surface area contributed by atoms with Crippen LogP contribution in [-0.4, -0.2) is 334 Å². The van der Waals surface area contributed by atoms with Crippen molar-refractivity contribution in [3.8, 4) is 0 Å². The molecule has 548 valence electrons. The fraction of sp³-hybridized carbons (Fsp3) is 1.00. The van der Waals surface area contributed by atoms with Crippen molar-refractivity contribution in [2.45, 2.75) is 301 Å². The minimum Gasteiger partial charge on any atom is -0.394 e. The van der Waals surface area contributed by atoms with E-state index in [9.17, 15) is 91.9 Å². The normalized spacial score (nSPS) is 57.3. The highest BCUT2D eigenvalue weighted by atomic mass is 16.8. The summed E-state index contributed by atoms with van der Waals surface area (Å²) in [5, 5.41) is 199. The standard InChI is InChI=1S/C63H104O32/c1-22-8-13-63(82-21-22)23(2)36-30(95-63)15-29-27-7-6-25-14-26(9-11-61(25,4)28(27)10-12-62(29,36)5)84-56-47(79)43(75)51(35(20-68)88-56)91-60-54(94-59-49(81)52(39(71)32(17-65)86-59)92-57-46(78)42(74)38(70)31(16-64)85-57)53(40(72)33(18-66)87-60)93-58-48(80)44(76)50(34(19-67)89-58)90-55-45(77)41(73)37(69)24(3)83-55/h22-60,64-81H,6-21H2,1-5H3/t22-,23?,24+,25+,26+,27?,28?,29?,30?,31-,32-,33-,34-,35-,36?,37+,38-,39-,40-,41-,42+,43-,44-,45-,46-,47-,48-,49-,50-,51+,52+,53+,54-,55+,56-,57+,58+,59+,60+,61+,62+,63-/m1/s1. The molecule has 8 heterocycles. The number of aliphatic hydroxyl groups excluding tert-OH is 18. The Bertz CT molecular complexity index is 2500. The third-order valence-electron chi connectivity index (χ3n) is 24.6. The van der Waals surface area contributed by atoms with Gasteiger partial charge in [-0.25, -0.2) is 0 Å². The van der Waals surface area contributed by atoms with Gasteiger partial charge in [0.15, 0.2) is 43.5 Å². The second kappa shape index (κ2) is 29.1. The van der Waals surface area contributed by atoms with Crippen LogP contribution in [-0.2, 0) is 66.3 Å². The molecule has 12 aliphatic rings. The number of aliphatic hydroxyl groups is 18. The summed E-state index contributed by atoms with van der Waals surface area (Å²) in [6.45, 7) is 6.72. The molecule has 12 rings (SSSR count). The van der Waals surface area contributed by atoms with Crippen LogP contribution in [0.3, 0.4) is 0 Å². The Morgan fingerprint density at radius 1 is 0.379 bits per heavy atom. The van der Waals surface area contributed by atoms with Gasteiger partial charge in [-0.05, 0) is 111 Å². The minimum absolute atomic E-state index is 0.00916. The van der Waals surface area contributed by atoms with Crippen molar-refractivity contribution in [1.29, 1.82) is 0 Å². The highest BCUT2D eigenvalue weighted by Crippen LogP contribution is 2.71. The summed E-state index contributed by atoms with van der Waals surface area (Å²) in [6, 6.07) is 0. The molecule has 0 bridgehead atoms. The number of hydrogen-bond donors (Lipinski definition) is 18. The van der Waals surface area contributed by atoms with E-state index in [-0.39, 0.29) is 22.9 Å². The SMILES string of the molecule is CC1C2C(CC3C4CC[C@H]5C[C@@H](O[C@@H]6O[C@H](CO)[C@H](O[C@@H]7O[C@H](CO)[C@@H](O)[C@H](O[C@@H]8O[C@H](CO)[C@@H](O[C@@H]9O[C@@H](C)[C@H](O)[C@@H](O)[C@H]9O)[C@H](O)[C@H]8O)[C@H]7O[C@@H]7O[C@H](CO)[C@@H](O)[C@H](O[C@@H]8O[C@H](CO)[C@@H](O)[C@H](O)[C@H]8O)[C@H]7O)[C@H](O)[C@H]6O)CC[C@]5(C)C4CC[C@@]32C)O[C@]12CC[C@@H](C)CO2. The number of ether oxygens (including phenoxy) is 14. The first kappa shape index (κ1) is 73.5. The molecule has 32 heteroatoms. The first-order valence-corrected chi connectivity index (χ1v) is 34.2. The first-order valence-electron chi connectivity index (χ1n) is 34.2. The van der Waals surface area contributed by atoms with Gasteiger partial charge in [0.25, 0.3) is 0 Å². The summed E-state index contributed by atoms with van der Waals surface area (Å²) < 4.78 is 85.7. The molecule has 4 saturated carbocycles. The average molecular weight is 1370 g/mol. The number of rotatable bonds is 17. The molecule has 1 spiro atoms. The molecule has 6 unspecified atom stereocenters. The summed E-state index contributed by atoms with van der Waals surface area (Å²) >= 11 is 0. The van der Waals surface area contributed by atoms with E-state index in [2.05, 4.69) is 27.7 Å². The van der Waals surface area contributed by atoms with Crippen molar-refractivity contribution in [2.75, 3.05) is 39.6 Å². The van der Waals surface area contributed by atoms with E-state index in [4.69, 9.17) is 66.3 Å². The molecule has 8 aliphatic heterocycles. The van der Waals surface area contributed by atoms with E-state index in [1.54, 1.807) is 0 Å². The van der Waals surface area contributed by atoms with Gasteiger partial charge in [-0.1, -0.05) is 27.7 Å². The fourth-order valence-electron chi connectivity index (χ4n) is 19.1. The maximum Gasteiger partial charge on any atom is 0.187 e. The quantitative estimate of drug-likeness (QED) is 0.0603. The third kappa shape index (κ3) is 13.2. The van der Waals surface area contributed by atoms with Crippen molar-refractivity contribution >= 4 is 0 Å². The van der Waals surface area contributed by atoms with Gasteiger partial charge in [0.1, 0.15) is 140 Å². The maximum absolute atomic E-state index is 12.2. The van der Waals surface area contributed by atoms with Crippen molar-refractivity contribution in [1.82, 2.24) is 0 Å². The molecule has 0 aromatic heterocycles. The highest BCUT2D eigenvalue weighted by Gasteiger charge is 2.70. The lowest BCUT2D eigenvalue weighted by atomic mass is 9.44. The summed E-state index contributed by atoms with van der Waals surface area (Å²) in [6.07, 6.45) is -47.8. The predicted molar refractivity (Wildman–Crippen MR) is 312 cm³/mol. The Balaban J connectivity index is 0.763. The first-order chi connectivity index (χ1) is 45.1. The van der Waals surface area contributed by atoms with Crippen LogP contribution in [0.4, 0.5) is 0 Å². The van der Waals surface area contributed by atoms with Crippen LogP contribution >= 0.6 is 0 Å². The van der Waals surface area contributed by atoms with Gasteiger partial charge in [-0.3, -0.25) is 0 Å². The topological polar surface area (TPSA) is 493 Å². The molecular formula is C63H104O32. The largest absolute Gasteiger partial charge is 0.394 e. The molecule has 4 aliphatic carbocycles. The molecule has 8 saturated heterocycles. The molecule has 12 fully saturated rings. The zero-order valence-corrected chi connectivity index (χ0v) is 54.1. The van der Waals surface area contributed by atoms with Crippen LogP contribution in [0, 0.1) is 52.3 Å². The molecule has 0 amide bonds. The predicted octanol–water partition coefficient (Wildman–Crippen LogP) is -6.23. The van der Waals surface area contributed by atoms with E-state index >= 15 is 0 Å². The number of fused-ring (bicyclic) bond motifs is 7. The van der Waals surface area contributed by atoms with Gasteiger partial charge < -0.3 is 158 Å². The van der Waals surface area contributed by atoms with Crippen LogP contribution in [0.2, 0.25) is 0 Å². The Kier molecular flexibility index (Phi) is 22.5. The summed E-state index contributed by atoms with van der Waals surface area (Å²) in [5.74, 6) is 2.60. The van der Waals surface area contributed by atoms with E-state index in [0.29, 0.717) is 48.3 Å². The molecule has 0 radical (unpaired) electrons. The minimum atomic E-state index is -2.27. The van der Waals surface area contributed by atoms with E-state index in [1.165, 1.54) is 6.92 Å². The smallest absolute Gasteiger partial charge is 0.187 e. The summed E-state index contributed by atoms with van der Waals surface area (Å²) in [5.41, 5.74) is 0.151. The maximum atomic E-state index is 12.2. The molecule has 42 atom stereocenters. The third-order valence-corrected chi connectivity index (χ3v) is 24.6. The Hall–Kier alpha value is -1.28. The average Bonchev–Trinajstić information content (AvgIpc) is 1.57. The van der Waals surface area contributed by atoms with Gasteiger partial charge in [-0.2, -0.15) is 0 Å². The second-order valence-corrected chi connectivity index (χ2v) is 29.9. The lowest BCUT2D eigenvalue weighted by Gasteiger charge is -2.61. The molecule has 18 N–H and O–H groups in total. The monoisotopic (exact) mass is 1370 g/mol. The molecule has 0 aromatic carbocycles. The lowest BCUT2D eigenvalue weighted by molar-refractivity contribution is -0.414. The Labute approximate surface area is 549 Å². The fourth-order valence-corrected chi connectivity index (χ4v) is 19.1. The van der Waals surface area contributed by atoms with Crippen LogP contribution in [0.5, 0.6) is 0 Å². The lowest BCUT2D eigenvalue weighted by Crippen LogP contribution is -2.69. The number of hydrogen-bond acceptors (Lipinski definition) is 32. The molecule has 95 heavy (non-hydrogen) atoms. The van der Waals surface area contributed by atoms with Gasteiger partial charge in [0, 0.05) is 12.3 Å². The van der Waals surface area contributed by atoms with E-state index in [1.807, 2.05) is 0 Å². The molecule has 32 nitrogen and oxygen atoms in total. The van der Waals surface area contributed by atoms with Crippen molar-refractivity contribution in [3.05, 3.63) is 0 Å². The van der Waals surface area contributed by atoms with Crippen LogP contribution < -0.4 is 0 Å². The Morgan fingerprint density at radius 3 is 1.44 bits per heavy atom. The van der Waals surface area contributed by atoms with Crippen LogP contribution in [0.15, 0.2) is 0 Å². The van der Waals surface area contributed by atoms with Crippen molar-refractivity contribution < 1.29 is 158 Å². The van der Waals surface area contributed by atoms with Gasteiger partial charge in [0.2, 0.25) is 0 Å². The Morgan fingerprint density at radius 2 is 0.853 bits per heavy atom. The van der Waals surface area contributed by atoms with E-state index in [0.717, 1.165) is 58.0 Å². The van der Waals surface area contributed by atoms with Gasteiger partial charge in [0.05, 0.1) is 58.0 Å². The zero-order chi connectivity index (χ0) is 68.2. The second-order valence-electron chi connectivity index (χ2n) is 29.9. The van der Waals surface area contributed by atoms with Crippen molar-refractivity contribution in [2.24, 2.45) is 52.3 Å². The summed E-state index contributed by atoms with van der Waals surface area (Å²) in [7, 11) is 0. The van der Waals surface area contributed by atoms with E-state index < -0.39 is 229 Å². The highest BCUT2D eigenvalue weighted by molar-refractivity contribution is 5.16. The van der Waals surface area contributed by atoms with Crippen molar-refractivity contribution in [3.63, 3.8) is 0 Å². The van der Waals surface area contributed by atoms with Gasteiger partial charge >= 0.3 is 0 Å². The van der Waals surface area contributed by atoms with Gasteiger partial charge in [-0.15, -0.1) is 0 Å². The van der Waals surface area contributed by atoms with Crippen LogP contribution in [0.25, 0.3) is 0 Å². The van der Waals surface area contributed by atoms with Crippen LogP contribution in [0.1, 0.15) is 98.8 Å². The summed E-state index contributed by atoms with van der Waals surface area (Å²) in [4.78, 5) is 0. The zero-order valence-electron chi connectivity index (χ0n) is 54.1. The molecule has 0 aromatic rings.